The summed E-state index contributed by atoms with van der Waals surface area (Å²) in [4.78, 5) is 15.1. The van der Waals surface area contributed by atoms with E-state index in [4.69, 9.17) is 11.6 Å². The largest absolute Gasteiger partial charge is 0.348 e. The Morgan fingerprint density at radius 1 is 0.943 bits per heavy atom. The van der Waals surface area contributed by atoms with Gasteiger partial charge in [-0.3, -0.25) is 14.4 Å². The quantitative estimate of drug-likeness (QED) is 0.431. The van der Waals surface area contributed by atoms with Crippen molar-refractivity contribution in [3.63, 3.8) is 0 Å². The van der Waals surface area contributed by atoms with Gasteiger partial charge in [0, 0.05) is 18.7 Å². The standard InChI is InChI=1S/C27H30ClN3O3S/c1-19-5-6-20(2)25(15-19)30-35(33,34)26-16-23(11-12-24(26)28)27(32)29-17-21-7-9-22(10-8-21)18-31-13-3-4-14-31/h5-12,15-16,30H,3-4,13-14,17-18H2,1-2H3,(H,29,32). The number of rotatable bonds is 8. The molecule has 1 aliphatic rings. The average Bonchev–Trinajstić information content (AvgIpc) is 3.34. The van der Waals surface area contributed by atoms with Crippen LogP contribution in [0.5, 0.6) is 0 Å². The first-order valence-corrected chi connectivity index (χ1v) is 13.6. The monoisotopic (exact) mass is 511 g/mol. The third kappa shape index (κ3) is 6.42. The fourth-order valence-corrected chi connectivity index (χ4v) is 5.79. The molecule has 1 saturated heterocycles. The maximum absolute atomic E-state index is 13.1. The third-order valence-electron chi connectivity index (χ3n) is 6.20. The lowest BCUT2D eigenvalue weighted by Crippen LogP contribution is -2.23. The number of carbonyl (C=O) groups excluding carboxylic acids is 1. The summed E-state index contributed by atoms with van der Waals surface area (Å²) in [7, 11) is -3.99. The van der Waals surface area contributed by atoms with Crippen molar-refractivity contribution < 1.29 is 13.2 Å². The second-order valence-electron chi connectivity index (χ2n) is 9.05. The van der Waals surface area contributed by atoms with Crippen LogP contribution in [0.15, 0.2) is 65.6 Å². The second-order valence-corrected chi connectivity index (χ2v) is 11.1. The van der Waals surface area contributed by atoms with Gasteiger partial charge in [0.05, 0.1) is 10.7 Å². The van der Waals surface area contributed by atoms with Crippen molar-refractivity contribution in [3.8, 4) is 0 Å². The van der Waals surface area contributed by atoms with E-state index in [1.54, 1.807) is 6.07 Å². The molecule has 1 heterocycles. The van der Waals surface area contributed by atoms with Crippen molar-refractivity contribution in [2.45, 2.75) is 44.7 Å². The van der Waals surface area contributed by atoms with E-state index in [9.17, 15) is 13.2 Å². The van der Waals surface area contributed by atoms with E-state index in [0.717, 1.165) is 36.3 Å². The topological polar surface area (TPSA) is 78.5 Å². The van der Waals surface area contributed by atoms with Crippen LogP contribution in [-0.2, 0) is 23.1 Å². The fourth-order valence-electron chi connectivity index (χ4n) is 4.14. The Kier molecular flexibility index (Phi) is 7.79. The first-order chi connectivity index (χ1) is 16.7. The summed E-state index contributed by atoms with van der Waals surface area (Å²) in [5.41, 5.74) is 4.64. The van der Waals surface area contributed by atoms with Crippen LogP contribution in [0.1, 0.15) is 45.5 Å². The van der Waals surface area contributed by atoms with Gasteiger partial charge >= 0.3 is 0 Å². The van der Waals surface area contributed by atoms with Gasteiger partial charge < -0.3 is 5.32 Å². The highest BCUT2D eigenvalue weighted by molar-refractivity contribution is 7.92. The van der Waals surface area contributed by atoms with Crippen LogP contribution in [0.2, 0.25) is 5.02 Å². The summed E-state index contributed by atoms with van der Waals surface area (Å²) in [6, 6.07) is 18.0. The molecule has 8 heteroatoms. The molecule has 0 saturated carbocycles. The Morgan fingerprint density at radius 3 is 2.34 bits per heavy atom. The zero-order chi connectivity index (χ0) is 25.0. The zero-order valence-corrected chi connectivity index (χ0v) is 21.5. The van der Waals surface area contributed by atoms with Crippen molar-refractivity contribution in [1.82, 2.24) is 10.2 Å². The van der Waals surface area contributed by atoms with Crippen molar-refractivity contribution >= 4 is 33.2 Å². The van der Waals surface area contributed by atoms with E-state index in [0.29, 0.717) is 12.2 Å². The lowest BCUT2D eigenvalue weighted by atomic mass is 10.1. The Morgan fingerprint density at radius 2 is 1.63 bits per heavy atom. The lowest BCUT2D eigenvalue weighted by molar-refractivity contribution is 0.0950. The minimum absolute atomic E-state index is 0.0490. The SMILES string of the molecule is Cc1ccc(C)c(NS(=O)(=O)c2cc(C(=O)NCc3ccc(CN4CCCC4)cc3)ccc2Cl)c1. The van der Waals surface area contributed by atoms with Crippen molar-refractivity contribution in [1.29, 1.82) is 0 Å². The maximum Gasteiger partial charge on any atom is 0.263 e. The van der Waals surface area contributed by atoms with Crippen LogP contribution >= 0.6 is 11.6 Å². The van der Waals surface area contributed by atoms with Crippen LogP contribution in [0.4, 0.5) is 5.69 Å². The minimum Gasteiger partial charge on any atom is -0.348 e. The molecule has 3 aromatic carbocycles. The summed E-state index contributed by atoms with van der Waals surface area (Å²) in [5.74, 6) is -0.369. The summed E-state index contributed by atoms with van der Waals surface area (Å²) < 4.78 is 28.7. The van der Waals surface area contributed by atoms with Gasteiger partial charge in [-0.2, -0.15) is 0 Å². The van der Waals surface area contributed by atoms with E-state index < -0.39 is 10.0 Å². The number of benzene rings is 3. The van der Waals surface area contributed by atoms with Gasteiger partial charge in [-0.15, -0.1) is 0 Å². The summed E-state index contributed by atoms with van der Waals surface area (Å²) in [5, 5.41) is 2.91. The molecule has 6 nitrogen and oxygen atoms in total. The van der Waals surface area contributed by atoms with Gasteiger partial charge in [0.15, 0.2) is 0 Å². The number of aryl methyl sites for hydroxylation is 2. The van der Waals surface area contributed by atoms with Crippen molar-refractivity contribution in [2.24, 2.45) is 0 Å². The Hall–Kier alpha value is -2.87. The number of carbonyl (C=O) groups is 1. The highest BCUT2D eigenvalue weighted by Gasteiger charge is 2.21. The first-order valence-electron chi connectivity index (χ1n) is 11.7. The second kappa shape index (κ2) is 10.8. The molecular formula is C27H30ClN3O3S. The van der Waals surface area contributed by atoms with E-state index >= 15 is 0 Å². The van der Waals surface area contributed by atoms with Crippen LogP contribution < -0.4 is 10.0 Å². The number of hydrogen-bond donors (Lipinski definition) is 2. The van der Waals surface area contributed by atoms with Crippen LogP contribution in [0, 0.1) is 13.8 Å². The van der Waals surface area contributed by atoms with Gasteiger partial charge in [-0.05, 0) is 86.3 Å². The number of anilines is 1. The molecule has 0 aliphatic carbocycles. The molecule has 2 N–H and O–H groups in total. The zero-order valence-electron chi connectivity index (χ0n) is 20.0. The van der Waals surface area contributed by atoms with E-state index in [2.05, 4.69) is 27.1 Å². The lowest BCUT2D eigenvalue weighted by Gasteiger charge is -2.15. The van der Waals surface area contributed by atoms with E-state index in [1.807, 2.05) is 38.1 Å². The Labute approximate surface area is 212 Å². The molecule has 0 unspecified atom stereocenters. The van der Waals surface area contributed by atoms with Gasteiger partial charge in [0.25, 0.3) is 15.9 Å². The Balaban J connectivity index is 1.43. The van der Waals surface area contributed by atoms with Crippen LogP contribution in [0.3, 0.4) is 0 Å². The third-order valence-corrected chi connectivity index (χ3v) is 8.05. The molecular weight excluding hydrogens is 482 g/mol. The fraction of sp³-hybridized carbons (Fsp3) is 0.296. The van der Waals surface area contributed by atoms with Gasteiger partial charge in [0.1, 0.15) is 4.90 Å². The molecule has 4 rings (SSSR count). The predicted octanol–water partition coefficient (Wildman–Crippen LogP) is 5.28. The van der Waals surface area contributed by atoms with Crippen LogP contribution in [-0.4, -0.2) is 32.3 Å². The number of likely N-dealkylation sites (tertiary alicyclic amines) is 1. The van der Waals surface area contributed by atoms with E-state index in [-0.39, 0.29) is 21.4 Å². The molecule has 0 aromatic heterocycles. The van der Waals surface area contributed by atoms with Crippen molar-refractivity contribution in [3.05, 3.63) is 93.5 Å². The molecule has 0 atom stereocenters. The maximum atomic E-state index is 13.1. The van der Waals surface area contributed by atoms with Gasteiger partial charge in [-0.1, -0.05) is 48.0 Å². The number of amides is 1. The number of halogens is 1. The summed E-state index contributed by atoms with van der Waals surface area (Å²) in [6.07, 6.45) is 2.53. The number of hydrogen-bond acceptors (Lipinski definition) is 4. The van der Waals surface area contributed by atoms with E-state index in [1.165, 1.54) is 36.6 Å². The molecule has 1 aliphatic heterocycles. The normalized spacial score (nSPS) is 14.1. The highest BCUT2D eigenvalue weighted by Crippen LogP contribution is 2.27. The smallest absolute Gasteiger partial charge is 0.263 e. The van der Waals surface area contributed by atoms with Gasteiger partial charge in [0.2, 0.25) is 0 Å². The summed E-state index contributed by atoms with van der Waals surface area (Å²) >= 11 is 6.22. The molecule has 0 radical (unpaired) electrons. The number of sulfonamides is 1. The van der Waals surface area contributed by atoms with Crippen molar-refractivity contribution in [2.75, 3.05) is 17.8 Å². The van der Waals surface area contributed by atoms with Gasteiger partial charge in [-0.25, -0.2) is 8.42 Å². The molecule has 1 fully saturated rings. The molecule has 184 valence electrons. The Bertz CT molecular complexity index is 1320. The predicted molar refractivity (Wildman–Crippen MR) is 140 cm³/mol. The molecule has 3 aromatic rings. The van der Waals surface area contributed by atoms with Crippen LogP contribution in [0.25, 0.3) is 0 Å². The highest BCUT2D eigenvalue weighted by atomic mass is 35.5. The summed E-state index contributed by atoms with van der Waals surface area (Å²) in [6.45, 7) is 7.30. The molecule has 0 bridgehead atoms. The molecule has 1 amide bonds. The molecule has 0 spiro atoms. The average molecular weight is 512 g/mol. The number of nitrogens with one attached hydrogen (secondary N) is 2. The molecule has 35 heavy (non-hydrogen) atoms. The first kappa shape index (κ1) is 25.2. The number of nitrogens with zero attached hydrogens (tertiary/aromatic N) is 1. The minimum atomic E-state index is -3.99.